The minimum atomic E-state index is -0.0162. The van der Waals surface area contributed by atoms with Gasteiger partial charge in [0.25, 0.3) is 5.56 Å². The van der Waals surface area contributed by atoms with Crippen LogP contribution in [0.5, 0.6) is 0 Å². The van der Waals surface area contributed by atoms with Gasteiger partial charge in [0.05, 0.1) is 16.6 Å². The predicted molar refractivity (Wildman–Crippen MR) is 117 cm³/mol. The zero-order chi connectivity index (χ0) is 20.4. The Morgan fingerprint density at radius 2 is 1.69 bits per heavy atom. The molecule has 0 amide bonds. The topological polar surface area (TPSA) is 51.5 Å². The van der Waals surface area contributed by atoms with E-state index in [1.807, 2.05) is 61.5 Å². The molecule has 3 aromatic carbocycles. The van der Waals surface area contributed by atoms with E-state index in [9.17, 15) is 4.79 Å². The summed E-state index contributed by atoms with van der Waals surface area (Å²) in [6, 6.07) is 24.2. The van der Waals surface area contributed by atoms with Gasteiger partial charge < -0.3 is 5.32 Å². The molecular weight excluding hydrogens is 358 g/mol. The summed E-state index contributed by atoms with van der Waals surface area (Å²) in [5.41, 5.74) is 5.12. The van der Waals surface area contributed by atoms with E-state index >= 15 is 0 Å². The van der Waals surface area contributed by atoms with Gasteiger partial charge in [0.1, 0.15) is 12.6 Å². The van der Waals surface area contributed by atoms with Gasteiger partial charge in [-0.1, -0.05) is 60.2 Å². The molecule has 1 aromatic heterocycles. The SMILES string of the molecule is Cc1ccc(-n2c([C@H](C)[NH2+]Cc3ccccc3)nc3ccccc3c2=O)c(C)c1. The molecule has 0 aliphatic heterocycles. The molecule has 0 spiro atoms. The highest BCUT2D eigenvalue weighted by Crippen LogP contribution is 2.20. The van der Waals surface area contributed by atoms with E-state index in [1.165, 1.54) is 11.1 Å². The second-order valence-electron chi connectivity index (χ2n) is 7.63. The first-order valence-corrected chi connectivity index (χ1v) is 10.0. The largest absolute Gasteiger partial charge is 0.334 e. The fourth-order valence-electron chi connectivity index (χ4n) is 3.78. The molecule has 0 fully saturated rings. The highest BCUT2D eigenvalue weighted by Gasteiger charge is 2.21. The number of hydrogen-bond acceptors (Lipinski definition) is 2. The summed E-state index contributed by atoms with van der Waals surface area (Å²) in [6.07, 6.45) is 0. The fraction of sp³-hybridized carbons (Fsp3) is 0.200. The Morgan fingerprint density at radius 1 is 0.966 bits per heavy atom. The number of benzene rings is 3. The van der Waals surface area contributed by atoms with Crippen molar-refractivity contribution in [2.45, 2.75) is 33.4 Å². The Bertz CT molecular complexity index is 1210. The van der Waals surface area contributed by atoms with Crippen molar-refractivity contribution in [1.82, 2.24) is 9.55 Å². The number of hydrogen-bond donors (Lipinski definition) is 1. The molecule has 0 radical (unpaired) electrons. The van der Waals surface area contributed by atoms with Crippen molar-refractivity contribution >= 4 is 10.9 Å². The van der Waals surface area contributed by atoms with Crippen LogP contribution in [0.2, 0.25) is 0 Å². The molecule has 2 N–H and O–H groups in total. The number of nitrogens with two attached hydrogens (primary N) is 1. The lowest BCUT2D eigenvalue weighted by Crippen LogP contribution is -2.83. The van der Waals surface area contributed by atoms with Gasteiger partial charge in [0.15, 0.2) is 5.82 Å². The number of quaternary nitrogens is 1. The number of aromatic nitrogens is 2. The minimum Gasteiger partial charge on any atom is -0.334 e. The summed E-state index contributed by atoms with van der Waals surface area (Å²) in [6.45, 7) is 7.05. The van der Waals surface area contributed by atoms with Crippen molar-refractivity contribution in [3.8, 4) is 5.69 Å². The summed E-state index contributed by atoms with van der Waals surface area (Å²) in [5.74, 6) is 0.775. The van der Waals surface area contributed by atoms with Crippen molar-refractivity contribution in [2.24, 2.45) is 0 Å². The first kappa shape index (κ1) is 19.1. The Morgan fingerprint density at radius 3 is 2.45 bits per heavy atom. The number of aryl methyl sites for hydroxylation is 2. The summed E-state index contributed by atoms with van der Waals surface area (Å²) in [7, 11) is 0. The molecular formula is C25H26N3O+. The van der Waals surface area contributed by atoms with Gasteiger partial charge in [0, 0.05) is 5.56 Å². The number of rotatable bonds is 5. The summed E-state index contributed by atoms with van der Waals surface area (Å²) < 4.78 is 1.79. The van der Waals surface area contributed by atoms with Crippen LogP contribution in [0.15, 0.2) is 77.6 Å². The van der Waals surface area contributed by atoms with Crippen molar-refractivity contribution in [1.29, 1.82) is 0 Å². The van der Waals surface area contributed by atoms with Crippen molar-refractivity contribution in [3.05, 3.63) is 106 Å². The molecule has 4 heteroatoms. The van der Waals surface area contributed by atoms with E-state index in [-0.39, 0.29) is 11.6 Å². The Balaban J connectivity index is 1.84. The Hall–Kier alpha value is -3.24. The van der Waals surface area contributed by atoms with E-state index in [1.54, 1.807) is 4.57 Å². The first-order chi connectivity index (χ1) is 14.0. The normalized spacial score (nSPS) is 12.2. The molecule has 0 aliphatic rings. The van der Waals surface area contributed by atoms with Crippen LogP contribution >= 0.6 is 0 Å². The third-order valence-electron chi connectivity index (χ3n) is 5.35. The van der Waals surface area contributed by atoms with Crippen LogP contribution in [0.1, 0.15) is 35.5 Å². The van der Waals surface area contributed by atoms with Gasteiger partial charge in [-0.05, 0) is 44.5 Å². The van der Waals surface area contributed by atoms with Gasteiger partial charge >= 0.3 is 0 Å². The van der Waals surface area contributed by atoms with E-state index in [0.717, 1.165) is 29.1 Å². The summed E-state index contributed by atoms with van der Waals surface area (Å²) in [5, 5.41) is 2.87. The van der Waals surface area contributed by atoms with Crippen molar-refractivity contribution in [2.75, 3.05) is 0 Å². The van der Waals surface area contributed by atoms with Gasteiger partial charge in [-0.2, -0.15) is 0 Å². The average molecular weight is 385 g/mol. The Kier molecular flexibility index (Phi) is 5.28. The van der Waals surface area contributed by atoms with Crippen LogP contribution in [0.25, 0.3) is 16.6 Å². The Labute approximate surface area is 170 Å². The lowest BCUT2D eigenvalue weighted by Gasteiger charge is -2.19. The maximum atomic E-state index is 13.5. The second kappa shape index (κ2) is 8.02. The smallest absolute Gasteiger partial charge is 0.266 e. The zero-order valence-electron chi connectivity index (χ0n) is 17.1. The second-order valence-corrected chi connectivity index (χ2v) is 7.63. The van der Waals surface area contributed by atoms with Crippen LogP contribution in [0, 0.1) is 13.8 Å². The average Bonchev–Trinajstić information content (AvgIpc) is 2.73. The highest BCUT2D eigenvalue weighted by atomic mass is 16.1. The maximum Gasteiger partial charge on any atom is 0.266 e. The van der Waals surface area contributed by atoms with Crippen LogP contribution in [0.3, 0.4) is 0 Å². The van der Waals surface area contributed by atoms with Gasteiger partial charge in [-0.25, -0.2) is 4.98 Å². The van der Waals surface area contributed by atoms with E-state index < -0.39 is 0 Å². The molecule has 4 aromatic rings. The van der Waals surface area contributed by atoms with Crippen LogP contribution in [-0.2, 0) is 6.54 Å². The molecule has 0 saturated heterocycles. The van der Waals surface area contributed by atoms with Gasteiger partial charge in [-0.3, -0.25) is 9.36 Å². The first-order valence-electron chi connectivity index (χ1n) is 10.0. The fourth-order valence-corrected chi connectivity index (χ4v) is 3.78. The standard InChI is InChI=1S/C25H25N3O/c1-17-13-14-23(18(2)15-17)28-24(19(3)26-16-20-9-5-4-6-10-20)27-22-12-8-7-11-21(22)25(28)29/h4-15,19,26H,16H2,1-3H3/p+1/t19-/m0/s1. The predicted octanol–water partition coefficient (Wildman–Crippen LogP) is 3.83. The number of fused-ring (bicyclic) bond motifs is 1. The molecule has 1 atom stereocenters. The van der Waals surface area contributed by atoms with Crippen molar-refractivity contribution < 1.29 is 5.32 Å². The van der Waals surface area contributed by atoms with E-state index in [0.29, 0.717) is 5.39 Å². The minimum absolute atomic E-state index is 0.0162. The molecule has 0 aliphatic carbocycles. The van der Waals surface area contributed by atoms with Crippen LogP contribution in [-0.4, -0.2) is 9.55 Å². The molecule has 0 saturated carbocycles. The molecule has 0 bridgehead atoms. The third-order valence-corrected chi connectivity index (χ3v) is 5.35. The molecule has 1 heterocycles. The molecule has 29 heavy (non-hydrogen) atoms. The van der Waals surface area contributed by atoms with Crippen molar-refractivity contribution in [3.63, 3.8) is 0 Å². The molecule has 0 unspecified atom stereocenters. The maximum absolute atomic E-state index is 13.5. The van der Waals surface area contributed by atoms with Gasteiger partial charge in [-0.15, -0.1) is 0 Å². The van der Waals surface area contributed by atoms with Crippen LogP contribution in [0.4, 0.5) is 0 Å². The monoisotopic (exact) mass is 384 g/mol. The highest BCUT2D eigenvalue weighted by molar-refractivity contribution is 5.78. The van der Waals surface area contributed by atoms with Crippen LogP contribution < -0.4 is 10.9 Å². The summed E-state index contributed by atoms with van der Waals surface area (Å²) >= 11 is 0. The summed E-state index contributed by atoms with van der Waals surface area (Å²) in [4.78, 5) is 18.4. The van der Waals surface area contributed by atoms with Gasteiger partial charge in [0.2, 0.25) is 0 Å². The molecule has 4 nitrogen and oxygen atoms in total. The lowest BCUT2D eigenvalue weighted by molar-refractivity contribution is -0.709. The lowest BCUT2D eigenvalue weighted by atomic mass is 10.1. The van der Waals surface area contributed by atoms with E-state index in [4.69, 9.17) is 4.98 Å². The number of nitrogens with zero attached hydrogens (tertiary/aromatic N) is 2. The number of para-hydroxylation sites is 1. The zero-order valence-corrected chi connectivity index (χ0v) is 17.1. The quantitative estimate of drug-likeness (QED) is 0.569. The molecule has 146 valence electrons. The third kappa shape index (κ3) is 3.84. The van der Waals surface area contributed by atoms with E-state index in [2.05, 4.69) is 37.4 Å². The molecule has 4 rings (SSSR count).